The molecule has 0 nitrogen and oxygen atoms in total. The fraction of sp³-hybridized carbons (Fsp3) is 0.650. The zero-order valence-corrected chi connectivity index (χ0v) is 69.8. The van der Waals surface area contributed by atoms with E-state index in [2.05, 4.69) is 272 Å². The molecule has 0 heterocycles. The summed E-state index contributed by atoms with van der Waals surface area (Å²) < 4.78 is 0. The Bertz CT molecular complexity index is 2680. The summed E-state index contributed by atoms with van der Waals surface area (Å²) in [4.78, 5) is 0. The summed E-state index contributed by atoms with van der Waals surface area (Å²) in [6.07, 6.45) is 51.9. The largest absolute Gasteiger partial charge is 0.0776 e. The van der Waals surface area contributed by atoms with Crippen LogP contribution in [0.1, 0.15) is 396 Å². The molecule has 0 aromatic heterocycles. The maximum absolute atomic E-state index is 2.58. The summed E-state index contributed by atoms with van der Waals surface area (Å²) in [7, 11) is 0. The highest BCUT2D eigenvalue weighted by Crippen LogP contribution is 2.49. The topological polar surface area (TPSA) is 0 Å². The van der Waals surface area contributed by atoms with Crippen LogP contribution in [-0.2, 0) is 32.1 Å². The van der Waals surface area contributed by atoms with Gasteiger partial charge in [0.15, 0.2) is 0 Å². The average Bonchev–Trinajstić information content (AvgIpc) is 0.808. The van der Waals surface area contributed by atoms with Crippen LogP contribution in [0.5, 0.6) is 0 Å². The quantitative estimate of drug-likeness (QED) is 0.0451. The van der Waals surface area contributed by atoms with Gasteiger partial charge in [0.05, 0.1) is 0 Å². The molecule has 3 fully saturated rings. The van der Waals surface area contributed by atoms with Crippen molar-refractivity contribution in [2.24, 2.45) is 40.9 Å². The Morgan fingerprint density at radius 1 is 0.272 bits per heavy atom. The van der Waals surface area contributed by atoms with Crippen molar-refractivity contribution in [1.82, 2.24) is 0 Å². The predicted octanol–water partition coefficient (Wildman–Crippen LogP) is 34.0. The molecular formula is C103H174. The molecule has 586 valence electrons. The van der Waals surface area contributed by atoms with Crippen molar-refractivity contribution in [2.75, 3.05) is 0 Å². The molecule has 3 aliphatic rings. The molecular weight excluding hydrogens is 1240 g/mol. The summed E-state index contributed by atoms with van der Waals surface area (Å²) in [6, 6.07) is 48.8. The standard InChI is InChI=1S/C17H32.C17H20.C15H22.C15H16.C14H30.C10H14.C8H18.C4H10.3CH4/c1-13-5-9-15(10-6-13)17(3,4)16-11-7-14(2)8-12-16;1-12-5-7-16(9-14(12)3)11-17-8-6-13(2)15(4)10-17;2*1-12-3-7-14(8-4-12)11-15-9-5-13(2)6-10-15;1-3-5-7-9-11-13-14-12-10-8-6-4-2;1-3-9-6-5-7-10(4-2)8-9;1-3-5-7-8-6-4-2;1-3-4-2;;;/h13-16H,5-12H2,1-4H3;5-10H,11H2,1-4H3;3-4,7-8,13,15H,5-6,9-11H2,1-2H3;3-10H,11H2,1-2H3;3-14H2,1-2H3;5-8H,3-4H2,1-2H3;3-8H2,1-2H3;3-4H2,1-2H3;3*1H4. The first-order valence-electron chi connectivity index (χ1n) is 42.5. The number of unbranched alkanes of at least 4 members (excludes halogenated alkanes) is 17. The van der Waals surface area contributed by atoms with Gasteiger partial charge in [-0.1, -0.05) is 429 Å². The van der Waals surface area contributed by atoms with E-state index in [0.29, 0.717) is 5.41 Å². The maximum atomic E-state index is 2.58. The van der Waals surface area contributed by atoms with Crippen molar-refractivity contribution in [3.8, 4) is 0 Å². The van der Waals surface area contributed by atoms with Crippen LogP contribution < -0.4 is 0 Å². The van der Waals surface area contributed by atoms with Crippen LogP contribution in [0.25, 0.3) is 0 Å². The van der Waals surface area contributed by atoms with Gasteiger partial charge >= 0.3 is 0 Å². The molecule has 0 saturated heterocycles. The van der Waals surface area contributed by atoms with Gasteiger partial charge in [0.25, 0.3) is 0 Å². The second kappa shape index (κ2) is 62.4. The average molecular weight is 1410 g/mol. The number of benzene rings is 6. The van der Waals surface area contributed by atoms with Gasteiger partial charge in [0.1, 0.15) is 0 Å². The molecule has 0 bridgehead atoms. The van der Waals surface area contributed by atoms with Gasteiger partial charge in [-0.2, -0.15) is 0 Å². The monoisotopic (exact) mass is 1410 g/mol. The van der Waals surface area contributed by atoms with Crippen molar-refractivity contribution < 1.29 is 0 Å². The van der Waals surface area contributed by atoms with Gasteiger partial charge in [-0.05, 0) is 221 Å². The maximum Gasteiger partial charge on any atom is -0.00256 e. The molecule has 0 spiro atoms. The smallest absolute Gasteiger partial charge is 0.00256 e. The van der Waals surface area contributed by atoms with E-state index in [4.69, 9.17) is 0 Å². The lowest BCUT2D eigenvalue weighted by Crippen LogP contribution is -2.36. The van der Waals surface area contributed by atoms with Crippen molar-refractivity contribution in [3.05, 3.63) is 211 Å². The molecule has 0 radical (unpaired) electrons. The lowest BCUT2D eigenvalue weighted by atomic mass is 9.59. The Morgan fingerprint density at radius 3 is 0.825 bits per heavy atom. The van der Waals surface area contributed by atoms with Crippen molar-refractivity contribution in [3.63, 3.8) is 0 Å². The first kappa shape index (κ1) is 100. The lowest BCUT2D eigenvalue weighted by molar-refractivity contribution is 0.0421. The first-order chi connectivity index (χ1) is 48.1. The highest BCUT2D eigenvalue weighted by atomic mass is 14.4. The third-order valence-corrected chi connectivity index (χ3v) is 22.8. The van der Waals surface area contributed by atoms with E-state index in [9.17, 15) is 0 Å². The molecule has 0 amide bonds. The Hall–Kier alpha value is -4.68. The molecule has 6 aromatic rings. The van der Waals surface area contributed by atoms with Gasteiger partial charge in [-0.25, -0.2) is 0 Å². The van der Waals surface area contributed by atoms with E-state index in [1.807, 2.05) is 0 Å². The van der Waals surface area contributed by atoms with Crippen LogP contribution in [0.15, 0.2) is 133 Å². The van der Waals surface area contributed by atoms with Crippen molar-refractivity contribution >= 4 is 0 Å². The Kier molecular flexibility index (Phi) is 60.8. The summed E-state index contributed by atoms with van der Waals surface area (Å²) in [5.41, 5.74) is 20.1. The highest BCUT2D eigenvalue weighted by Gasteiger charge is 2.39. The number of hydrogen-bond acceptors (Lipinski definition) is 0. The minimum atomic E-state index is 0. The zero-order valence-electron chi connectivity index (χ0n) is 69.8. The van der Waals surface area contributed by atoms with Crippen LogP contribution in [0.3, 0.4) is 0 Å². The van der Waals surface area contributed by atoms with Crippen LogP contribution in [0, 0.1) is 89.4 Å². The summed E-state index contributed by atoms with van der Waals surface area (Å²) in [5, 5.41) is 0. The second-order valence-electron chi connectivity index (χ2n) is 32.7. The Labute approximate surface area is 646 Å². The summed E-state index contributed by atoms with van der Waals surface area (Å²) in [6.45, 7) is 45.3. The van der Waals surface area contributed by atoms with E-state index in [1.165, 1.54) is 290 Å². The molecule has 9 rings (SSSR count). The lowest BCUT2D eigenvalue weighted by Gasteiger charge is -2.46. The molecule has 0 unspecified atom stereocenters. The third-order valence-electron chi connectivity index (χ3n) is 22.8. The first-order valence-corrected chi connectivity index (χ1v) is 42.5. The van der Waals surface area contributed by atoms with Crippen LogP contribution >= 0.6 is 0 Å². The minimum Gasteiger partial charge on any atom is -0.0776 e. The number of hydrogen-bond donors (Lipinski definition) is 0. The van der Waals surface area contributed by atoms with E-state index in [1.54, 1.807) is 0 Å². The number of rotatable bonds is 27. The molecule has 3 saturated carbocycles. The molecule has 6 aromatic carbocycles. The molecule has 0 heteroatoms. The highest BCUT2D eigenvalue weighted by molar-refractivity contribution is 5.37. The predicted molar refractivity (Wildman–Crippen MR) is 474 cm³/mol. The van der Waals surface area contributed by atoms with Gasteiger partial charge in [-0.3, -0.25) is 0 Å². The normalized spacial score (nSPS) is 17.2. The zero-order chi connectivity index (χ0) is 73.8. The van der Waals surface area contributed by atoms with Crippen molar-refractivity contribution in [1.29, 1.82) is 0 Å². The van der Waals surface area contributed by atoms with E-state index in [-0.39, 0.29) is 22.3 Å². The summed E-state index contributed by atoms with van der Waals surface area (Å²) in [5.74, 6) is 5.93. The van der Waals surface area contributed by atoms with Gasteiger partial charge in [-0.15, -0.1) is 0 Å². The molecule has 0 atom stereocenters. The molecule has 0 aliphatic heterocycles. The second-order valence-corrected chi connectivity index (χ2v) is 32.7. The van der Waals surface area contributed by atoms with Gasteiger partial charge in [0.2, 0.25) is 0 Å². The molecule has 103 heavy (non-hydrogen) atoms. The van der Waals surface area contributed by atoms with Crippen molar-refractivity contribution in [2.45, 2.75) is 398 Å². The third kappa shape index (κ3) is 47.6. The molecule has 0 N–H and O–H groups in total. The Morgan fingerprint density at radius 2 is 0.544 bits per heavy atom. The SMILES string of the molecule is C.C.C.CC1CCC(C(C)(C)C2CCC(C)CC2)CC1.CCCC.CCCCCCCC.CCCCCCCCCCCCCC.CCc1cccc(CC)c1.Cc1ccc(CC2CCC(C)CC2)cc1.Cc1ccc(Cc2ccc(C)c(C)c2)cc1C.Cc1ccc(Cc2ccc(C)cc2)cc1. The molecule has 3 aliphatic carbocycles. The van der Waals surface area contributed by atoms with Crippen LogP contribution in [0.2, 0.25) is 0 Å². The fourth-order valence-electron chi connectivity index (χ4n) is 14.5. The Balaban J connectivity index is 0. The van der Waals surface area contributed by atoms with Gasteiger partial charge in [0, 0.05) is 0 Å². The van der Waals surface area contributed by atoms with E-state index >= 15 is 0 Å². The summed E-state index contributed by atoms with van der Waals surface area (Å²) >= 11 is 0. The van der Waals surface area contributed by atoms with Crippen LogP contribution in [0.4, 0.5) is 0 Å². The fourth-order valence-corrected chi connectivity index (χ4v) is 14.5. The minimum absolute atomic E-state index is 0. The van der Waals surface area contributed by atoms with E-state index in [0.717, 1.165) is 61.2 Å². The number of aryl methyl sites for hydroxylation is 9. The van der Waals surface area contributed by atoms with Gasteiger partial charge < -0.3 is 0 Å². The van der Waals surface area contributed by atoms with Crippen LogP contribution in [-0.4, -0.2) is 0 Å². The van der Waals surface area contributed by atoms with E-state index < -0.39 is 0 Å².